The fourth-order valence-corrected chi connectivity index (χ4v) is 2.18. The number of nitro groups is 1. The average molecular weight is 311 g/mol. The second kappa shape index (κ2) is 6.31. The van der Waals surface area contributed by atoms with Gasteiger partial charge in [-0.15, -0.1) is 0 Å². The number of nitro benzene ring substituents is 1. The Labute approximate surface area is 132 Å². The van der Waals surface area contributed by atoms with Crippen LogP contribution < -0.4 is 9.47 Å². The zero-order valence-corrected chi connectivity index (χ0v) is 12.1. The molecular formula is C17H13NO5. The van der Waals surface area contributed by atoms with Crippen molar-refractivity contribution < 1.29 is 19.2 Å². The Kier molecular flexibility index (Phi) is 4.05. The number of fused-ring (bicyclic) bond motifs is 1. The number of carbonyl (C=O) groups excluding carboxylic acids is 1. The zero-order chi connectivity index (χ0) is 16.2. The number of benzene rings is 2. The van der Waals surface area contributed by atoms with E-state index in [9.17, 15) is 14.9 Å². The van der Waals surface area contributed by atoms with E-state index in [0.717, 1.165) is 5.56 Å². The van der Waals surface area contributed by atoms with Crippen molar-refractivity contribution in [1.29, 1.82) is 0 Å². The first kappa shape index (κ1) is 14.8. The largest absolute Gasteiger partial charge is 0.486 e. The van der Waals surface area contributed by atoms with Gasteiger partial charge in [-0.25, -0.2) is 0 Å². The Balaban J connectivity index is 1.74. The third-order valence-electron chi connectivity index (χ3n) is 3.36. The first-order chi connectivity index (χ1) is 11.1. The lowest BCUT2D eigenvalue weighted by Crippen LogP contribution is -2.15. The van der Waals surface area contributed by atoms with Gasteiger partial charge in [-0.3, -0.25) is 14.9 Å². The van der Waals surface area contributed by atoms with E-state index in [1.807, 2.05) is 6.07 Å². The smallest absolute Gasteiger partial charge is 0.269 e. The zero-order valence-electron chi connectivity index (χ0n) is 12.1. The molecule has 0 saturated carbocycles. The summed E-state index contributed by atoms with van der Waals surface area (Å²) in [6, 6.07) is 10.9. The molecule has 0 unspecified atom stereocenters. The molecule has 6 heteroatoms. The fraction of sp³-hybridized carbons (Fsp3) is 0.118. The third kappa shape index (κ3) is 3.37. The Hall–Kier alpha value is -3.15. The highest BCUT2D eigenvalue weighted by atomic mass is 16.6. The summed E-state index contributed by atoms with van der Waals surface area (Å²) < 4.78 is 10.9. The number of nitrogens with zero attached hydrogens (tertiary/aromatic N) is 1. The van der Waals surface area contributed by atoms with Gasteiger partial charge in [0.25, 0.3) is 5.69 Å². The van der Waals surface area contributed by atoms with Crippen LogP contribution in [0.15, 0.2) is 48.5 Å². The average Bonchev–Trinajstić information content (AvgIpc) is 2.59. The Bertz CT molecular complexity index is 780. The fourth-order valence-electron chi connectivity index (χ4n) is 2.18. The molecule has 0 N–H and O–H groups in total. The first-order valence-electron chi connectivity index (χ1n) is 7.00. The van der Waals surface area contributed by atoms with Crippen LogP contribution in [0.2, 0.25) is 0 Å². The Morgan fingerprint density at radius 2 is 1.74 bits per heavy atom. The second-order valence-electron chi connectivity index (χ2n) is 4.90. The minimum Gasteiger partial charge on any atom is -0.486 e. The molecule has 6 nitrogen and oxygen atoms in total. The van der Waals surface area contributed by atoms with E-state index in [-0.39, 0.29) is 11.5 Å². The lowest BCUT2D eigenvalue weighted by Gasteiger charge is -2.18. The molecule has 23 heavy (non-hydrogen) atoms. The van der Waals surface area contributed by atoms with E-state index in [1.54, 1.807) is 18.2 Å². The highest BCUT2D eigenvalue weighted by Crippen LogP contribution is 2.31. The summed E-state index contributed by atoms with van der Waals surface area (Å²) in [5.41, 5.74) is 1.16. The maximum atomic E-state index is 12.1. The van der Waals surface area contributed by atoms with Crippen LogP contribution in [0, 0.1) is 10.1 Å². The maximum Gasteiger partial charge on any atom is 0.269 e. The standard InChI is InChI=1S/C17H13NO5/c19-15(13-3-5-14(6-4-13)18(20)21)7-1-12-2-8-16-17(11-12)23-10-9-22-16/h1-8,11H,9-10H2/b7-1+. The Morgan fingerprint density at radius 1 is 1.04 bits per heavy atom. The highest BCUT2D eigenvalue weighted by molar-refractivity contribution is 6.06. The van der Waals surface area contributed by atoms with Gasteiger partial charge in [0.15, 0.2) is 17.3 Å². The van der Waals surface area contributed by atoms with Crippen LogP contribution in [0.25, 0.3) is 6.08 Å². The summed E-state index contributed by atoms with van der Waals surface area (Å²) in [5.74, 6) is 1.12. The van der Waals surface area contributed by atoms with Gasteiger partial charge in [-0.2, -0.15) is 0 Å². The molecule has 2 aromatic rings. The van der Waals surface area contributed by atoms with E-state index in [4.69, 9.17) is 9.47 Å². The van der Waals surface area contributed by atoms with Crippen LogP contribution >= 0.6 is 0 Å². The van der Waals surface area contributed by atoms with E-state index < -0.39 is 4.92 Å². The minimum atomic E-state index is -0.501. The SMILES string of the molecule is O=C(/C=C/c1ccc2c(c1)OCCO2)c1ccc([N+](=O)[O-])cc1. The number of non-ortho nitro benzene ring substituents is 1. The molecule has 0 aromatic heterocycles. The van der Waals surface area contributed by atoms with Crippen LogP contribution in [0.4, 0.5) is 5.69 Å². The van der Waals surface area contributed by atoms with E-state index in [2.05, 4.69) is 0 Å². The van der Waals surface area contributed by atoms with Crippen molar-refractivity contribution in [2.45, 2.75) is 0 Å². The molecule has 0 saturated heterocycles. The van der Waals surface area contributed by atoms with Crippen LogP contribution in [0.3, 0.4) is 0 Å². The summed E-state index contributed by atoms with van der Waals surface area (Å²) in [6.07, 6.45) is 3.09. The molecule has 116 valence electrons. The third-order valence-corrected chi connectivity index (χ3v) is 3.36. The van der Waals surface area contributed by atoms with Gasteiger partial charge in [0.2, 0.25) is 0 Å². The summed E-state index contributed by atoms with van der Waals surface area (Å²) in [7, 11) is 0. The van der Waals surface area contributed by atoms with Crippen molar-refractivity contribution in [3.05, 3.63) is 69.8 Å². The predicted molar refractivity (Wildman–Crippen MR) is 83.9 cm³/mol. The summed E-state index contributed by atoms with van der Waals surface area (Å²) >= 11 is 0. The Morgan fingerprint density at radius 3 is 2.43 bits per heavy atom. The molecule has 0 atom stereocenters. The van der Waals surface area contributed by atoms with E-state index in [1.165, 1.54) is 30.3 Å². The second-order valence-corrected chi connectivity index (χ2v) is 4.90. The van der Waals surface area contributed by atoms with Crippen LogP contribution in [-0.2, 0) is 0 Å². The van der Waals surface area contributed by atoms with Gasteiger partial charge in [0.1, 0.15) is 13.2 Å². The van der Waals surface area contributed by atoms with Crippen LogP contribution in [0.5, 0.6) is 11.5 Å². The highest BCUT2D eigenvalue weighted by Gasteiger charge is 2.11. The molecular weight excluding hydrogens is 298 g/mol. The molecule has 0 radical (unpaired) electrons. The maximum absolute atomic E-state index is 12.1. The molecule has 0 amide bonds. The van der Waals surface area contributed by atoms with Gasteiger partial charge < -0.3 is 9.47 Å². The van der Waals surface area contributed by atoms with Gasteiger partial charge >= 0.3 is 0 Å². The monoisotopic (exact) mass is 311 g/mol. The van der Waals surface area contributed by atoms with Crippen LogP contribution in [0.1, 0.15) is 15.9 Å². The number of hydrogen-bond acceptors (Lipinski definition) is 5. The number of rotatable bonds is 4. The molecule has 0 fully saturated rings. The number of allylic oxidation sites excluding steroid dienone is 1. The summed E-state index contributed by atoms with van der Waals surface area (Å²) in [6.45, 7) is 1.03. The van der Waals surface area contributed by atoms with Crippen molar-refractivity contribution in [2.24, 2.45) is 0 Å². The number of ether oxygens (including phenoxy) is 2. The van der Waals surface area contributed by atoms with Crippen molar-refractivity contribution in [2.75, 3.05) is 13.2 Å². The molecule has 0 spiro atoms. The minimum absolute atomic E-state index is 0.0441. The van der Waals surface area contributed by atoms with Gasteiger partial charge in [0, 0.05) is 17.7 Å². The lowest BCUT2D eigenvalue weighted by molar-refractivity contribution is -0.384. The van der Waals surface area contributed by atoms with Crippen LogP contribution in [-0.4, -0.2) is 23.9 Å². The van der Waals surface area contributed by atoms with Crippen molar-refractivity contribution in [3.63, 3.8) is 0 Å². The molecule has 1 aliphatic rings. The number of carbonyl (C=O) groups is 1. The summed E-state index contributed by atoms with van der Waals surface area (Å²) in [5, 5.41) is 10.6. The molecule has 0 aliphatic carbocycles. The van der Waals surface area contributed by atoms with E-state index >= 15 is 0 Å². The molecule has 1 aliphatic heterocycles. The quantitative estimate of drug-likeness (QED) is 0.375. The van der Waals surface area contributed by atoms with Gasteiger partial charge in [-0.05, 0) is 35.9 Å². The van der Waals surface area contributed by atoms with Gasteiger partial charge in [-0.1, -0.05) is 12.1 Å². The van der Waals surface area contributed by atoms with Crippen molar-refractivity contribution in [1.82, 2.24) is 0 Å². The number of ketones is 1. The molecule has 2 aromatic carbocycles. The molecule has 0 bridgehead atoms. The normalized spacial score (nSPS) is 13.0. The summed E-state index contributed by atoms with van der Waals surface area (Å²) in [4.78, 5) is 22.2. The molecule has 3 rings (SSSR count). The van der Waals surface area contributed by atoms with Crippen molar-refractivity contribution >= 4 is 17.5 Å². The lowest BCUT2D eigenvalue weighted by atomic mass is 10.1. The predicted octanol–water partition coefficient (Wildman–Crippen LogP) is 3.26. The van der Waals surface area contributed by atoms with Crippen molar-refractivity contribution in [3.8, 4) is 11.5 Å². The number of hydrogen-bond donors (Lipinski definition) is 0. The van der Waals surface area contributed by atoms with Gasteiger partial charge in [0.05, 0.1) is 4.92 Å². The first-order valence-corrected chi connectivity index (χ1v) is 7.00. The topological polar surface area (TPSA) is 78.7 Å². The van der Waals surface area contributed by atoms with E-state index in [0.29, 0.717) is 30.3 Å². The molecule has 1 heterocycles.